The summed E-state index contributed by atoms with van der Waals surface area (Å²) in [6, 6.07) is 16.4. The zero-order chi connectivity index (χ0) is 20.0. The first kappa shape index (κ1) is 20.6. The number of aryl methyl sites for hydroxylation is 1. The Labute approximate surface area is 167 Å². The van der Waals surface area contributed by atoms with Crippen molar-refractivity contribution in [2.75, 3.05) is 19.6 Å². The maximum absolute atomic E-state index is 12.7. The summed E-state index contributed by atoms with van der Waals surface area (Å²) in [6.45, 7) is 3.86. The molecule has 1 amide bonds. The first-order valence-electron chi connectivity index (χ1n) is 9.89. The van der Waals surface area contributed by atoms with Gasteiger partial charge in [-0.2, -0.15) is 4.31 Å². The van der Waals surface area contributed by atoms with Crippen molar-refractivity contribution in [3.63, 3.8) is 0 Å². The number of piperidine rings is 1. The molecule has 0 bridgehead atoms. The van der Waals surface area contributed by atoms with E-state index in [1.807, 2.05) is 18.2 Å². The van der Waals surface area contributed by atoms with Gasteiger partial charge in [0.1, 0.15) is 0 Å². The normalized spacial score (nSPS) is 16.0. The summed E-state index contributed by atoms with van der Waals surface area (Å²) in [5, 5.41) is 2.90. The average molecular weight is 401 g/mol. The van der Waals surface area contributed by atoms with Crippen molar-refractivity contribution in [2.45, 2.75) is 37.5 Å². The van der Waals surface area contributed by atoms with Crippen LogP contribution in [0.5, 0.6) is 0 Å². The minimum absolute atomic E-state index is 0.177. The highest BCUT2D eigenvalue weighted by molar-refractivity contribution is 7.89. The van der Waals surface area contributed by atoms with E-state index >= 15 is 0 Å². The number of nitrogens with one attached hydrogen (secondary N) is 1. The molecule has 0 spiro atoms. The zero-order valence-electron chi connectivity index (χ0n) is 16.3. The zero-order valence-corrected chi connectivity index (χ0v) is 17.1. The number of benzene rings is 2. The minimum atomic E-state index is -3.48. The van der Waals surface area contributed by atoms with Gasteiger partial charge in [0.2, 0.25) is 10.0 Å². The van der Waals surface area contributed by atoms with E-state index in [-0.39, 0.29) is 10.8 Å². The molecule has 0 saturated carbocycles. The summed E-state index contributed by atoms with van der Waals surface area (Å²) in [5.41, 5.74) is 1.73. The summed E-state index contributed by atoms with van der Waals surface area (Å²) in [5.74, 6) is 0.392. The Morgan fingerprint density at radius 1 is 1.04 bits per heavy atom. The number of carbonyl (C=O) groups is 1. The van der Waals surface area contributed by atoms with Crippen LogP contribution >= 0.6 is 0 Å². The number of hydrogen-bond donors (Lipinski definition) is 1. The van der Waals surface area contributed by atoms with Gasteiger partial charge in [-0.3, -0.25) is 4.79 Å². The summed E-state index contributed by atoms with van der Waals surface area (Å²) < 4.78 is 27.0. The van der Waals surface area contributed by atoms with E-state index in [4.69, 9.17) is 0 Å². The van der Waals surface area contributed by atoms with Crippen molar-refractivity contribution in [3.8, 4) is 0 Å². The maximum Gasteiger partial charge on any atom is 0.251 e. The Morgan fingerprint density at radius 2 is 1.68 bits per heavy atom. The van der Waals surface area contributed by atoms with Crippen LogP contribution in [0.15, 0.2) is 59.5 Å². The molecule has 0 atom stereocenters. The third-order valence-corrected chi connectivity index (χ3v) is 7.18. The van der Waals surface area contributed by atoms with Crippen molar-refractivity contribution < 1.29 is 13.2 Å². The highest BCUT2D eigenvalue weighted by atomic mass is 32.2. The molecule has 2 aromatic rings. The summed E-state index contributed by atoms with van der Waals surface area (Å²) in [4.78, 5) is 12.5. The fraction of sp³-hybridized carbons (Fsp3) is 0.409. The highest BCUT2D eigenvalue weighted by Gasteiger charge is 2.28. The average Bonchev–Trinajstić information content (AvgIpc) is 2.72. The third kappa shape index (κ3) is 5.20. The predicted octanol–water partition coefficient (Wildman–Crippen LogP) is 3.47. The molecule has 0 aromatic heterocycles. The molecule has 6 heteroatoms. The maximum atomic E-state index is 12.7. The minimum Gasteiger partial charge on any atom is -0.352 e. The molecule has 1 aliphatic rings. The van der Waals surface area contributed by atoms with E-state index in [1.165, 1.54) is 17.7 Å². The van der Waals surface area contributed by atoms with Gasteiger partial charge in [0.15, 0.2) is 0 Å². The largest absolute Gasteiger partial charge is 0.352 e. The van der Waals surface area contributed by atoms with Gasteiger partial charge in [0.25, 0.3) is 5.91 Å². The van der Waals surface area contributed by atoms with Gasteiger partial charge in [-0.05, 0) is 61.4 Å². The number of nitrogens with zero attached hydrogens (tertiary/aromatic N) is 1. The summed E-state index contributed by atoms with van der Waals surface area (Å²) in [7, 11) is -3.48. The van der Waals surface area contributed by atoms with Crippen LogP contribution in [0.4, 0.5) is 0 Å². The lowest BCUT2D eigenvalue weighted by Crippen LogP contribution is -2.37. The van der Waals surface area contributed by atoms with Gasteiger partial charge in [-0.1, -0.05) is 37.3 Å². The number of sulfonamides is 1. The van der Waals surface area contributed by atoms with Crippen LogP contribution < -0.4 is 5.32 Å². The molecule has 1 N–H and O–H groups in total. The second-order valence-corrected chi connectivity index (χ2v) is 9.39. The van der Waals surface area contributed by atoms with Crippen LogP contribution in [0.1, 0.15) is 42.1 Å². The molecule has 1 saturated heterocycles. The van der Waals surface area contributed by atoms with E-state index < -0.39 is 10.0 Å². The summed E-state index contributed by atoms with van der Waals surface area (Å²) in [6.07, 6.45) is 3.55. The van der Waals surface area contributed by atoms with E-state index in [1.54, 1.807) is 16.4 Å². The lowest BCUT2D eigenvalue weighted by molar-refractivity contribution is 0.0953. The van der Waals surface area contributed by atoms with Crippen molar-refractivity contribution in [3.05, 3.63) is 65.7 Å². The number of amides is 1. The molecule has 3 rings (SSSR count). The molecule has 0 radical (unpaired) electrons. The van der Waals surface area contributed by atoms with Gasteiger partial charge < -0.3 is 5.32 Å². The second kappa shape index (κ2) is 9.34. The summed E-state index contributed by atoms with van der Waals surface area (Å²) >= 11 is 0. The van der Waals surface area contributed by atoms with Gasteiger partial charge in [0, 0.05) is 25.2 Å². The van der Waals surface area contributed by atoms with Gasteiger partial charge in [-0.25, -0.2) is 8.42 Å². The fourth-order valence-electron chi connectivity index (χ4n) is 3.39. The lowest BCUT2D eigenvalue weighted by atomic mass is 10.0. The number of carbonyl (C=O) groups excluding carboxylic acids is 1. The van der Waals surface area contributed by atoms with Gasteiger partial charge in [0.05, 0.1) is 4.90 Å². The Hall–Kier alpha value is -2.18. The second-order valence-electron chi connectivity index (χ2n) is 7.46. The lowest BCUT2D eigenvalue weighted by Gasteiger charge is -2.29. The molecule has 150 valence electrons. The molecular formula is C22H28N2O3S. The molecule has 28 heavy (non-hydrogen) atoms. The van der Waals surface area contributed by atoms with Crippen LogP contribution in [0, 0.1) is 5.92 Å². The van der Waals surface area contributed by atoms with Crippen molar-refractivity contribution >= 4 is 15.9 Å². The van der Waals surface area contributed by atoms with Crippen LogP contribution in [0.2, 0.25) is 0 Å². The van der Waals surface area contributed by atoms with Gasteiger partial charge >= 0.3 is 0 Å². The van der Waals surface area contributed by atoms with Crippen molar-refractivity contribution in [2.24, 2.45) is 5.92 Å². The van der Waals surface area contributed by atoms with E-state index in [0.29, 0.717) is 31.1 Å². The van der Waals surface area contributed by atoms with Crippen LogP contribution in [0.3, 0.4) is 0 Å². The molecule has 0 unspecified atom stereocenters. The van der Waals surface area contributed by atoms with E-state index in [2.05, 4.69) is 24.4 Å². The Kier molecular flexibility index (Phi) is 6.86. The quantitative estimate of drug-likeness (QED) is 0.724. The number of hydrogen-bond acceptors (Lipinski definition) is 3. The Bertz CT molecular complexity index is 872. The molecule has 1 aliphatic heterocycles. The van der Waals surface area contributed by atoms with Crippen molar-refractivity contribution in [1.82, 2.24) is 9.62 Å². The first-order chi connectivity index (χ1) is 13.5. The van der Waals surface area contributed by atoms with Crippen LogP contribution in [-0.4, -0.2) is 38.3 Å². The van der Waals surface area contributed by atoms with Crippen LogP contribution in [-0.2, 0) is 16.4 Å². The standard InChI is InChI=1S/C22H28N2O3S/c1-18-13-16-24(17-14-18)28(26,27)21-11-9-20(10-12-21)22(25)23-15-5-8-19-6-3-2-4-7-19/h2-4,6-7,9-12,18H,5,8,13-17H2,1H3,(H,23,25). The molecule has 0 aliphatic carbocycles. The topological polar surface area (TPSA) is 66.5 Å². The van der Waals surface area contributed by atoms with E-state index in [0.717, 1.165) is 25.7 Å². The fourth-order valence-corrected chi connectivity index (χ4v) is 4.86. The monoisotopic (exact) mass is 400 g/mol. The van der Waals surface area contributed by atoms with Gasteiger partial charge in [-0.15, -0.1) is 0 Å². The van der Waals surface area contributed by atoms with E-state index in [9.17, 15) is 13.2 Å². The van der Waals surface area contributed by atoms with Crippen LogP contribution in [0.25, 0.3) is 0 Å². The Balaban J connectivity index is 1.52. The molecular weight excluding hydrogens is 372 g/mol. The smallest absolute Gasteiger partial charge is 0.251 e. The predicted molar refractivity (Wildman–Crippen MR) is 111 cm³/mol. The SMILES string of the molecule is CC1CCN(S(=O)(=O)c2ccc(C(=O)NCCCc3ccccc3)cc2)CC1. The third-order valence-electron chi connectivity index (χ3n) is 5.27. The number of rotatable bonds is 7. The molecule has 1 heterocycles. The molecule has 5 nitrogen and oxygen atoms in total. The molecule has 1 fully saturated rings. The first-order valence-corrected chi connectivity index (χ1v) is 11.3. The highest BCUT2D eigenvalue weighted by Crippen LogP contribution is 2.23. The Morgan fingerprint density at radius 3 is 2.32 bits per heavy atom. The molecule has 2 aromatic carbocycles. The van der Waals surface area contributed by atoms with Crippen molar-refractivity contribution in [1.29, 1.82) is 0 Å².